The summed E-state index contributed by atoms with van der Waals surface area (Å²) in [7, 11) is 0. The van der Waals surface area contributed by atoms with Gasteiger partial charge in [0.05, 0.1) is 33.6 Å². The second-order valence-electron chi connectivity index (χ2n) is 25.2. The predicted octanol–water partition coefficient (Wildman–Crippen LogP) is 23.9. The van der Waals surface area contributed by atoms with E-state index in [1.54, 1.807) is 0 Å². The molecule has 0 N–H and O–H groups in total. The summed E-state index contributed by atoms with van der Waals surface area (Å²) < 4.78 is 0. The molecule has 0 saturated heterocycles. The second-order valence-corrected chi connectivity index (χ2v) is 27.4. The average molecular weight is 1200 g/mol. The maximum Gasteiger partial charge on any atom is 0.0725 e. The van der Waals surface area contributed by atoms with Crippen molar-refractivity contribution in [2.75, 3.05) is 9.80 Å². The Kier molecular flexibility index (Phi) is 10.4. The van der Waals surface area contributed by atoms with E-state index in [0.29, 0.717) is 0 Å². The van der Waals surface area contributed by atoms with Crippen LogP contribution in [-0.4, -0.2) is 0 Å². The van der Waals surface area contributed by atoms with Gasteiger partial charge in [0.25, 0.3) is 0 Å². The molecular formula is C88H52N2S2. The van der Waals surface area contributed by atoms with Gasteiger partial charge in [-0.3, -0.25) is 0 Å². The van der Waals surface area contributed by atoms with Crippen molar-refractivity contribution in [3.63, 3.8) is 0 Å². The monoisotopic (exact) mass is 1200 g/mol. The first-order valence-electron chi connectivity index (χ1n) is 31.9. The van der Waals surface area contributed by atoms with E-state index in [1.807, 2.05) is 23.5 Å². The maximum absolute atomic E-state index is 2.60. The first kappa shape index (κ1) is 50.9. The molecule has 6 aliphatic rings. The van der Waals surface area contributed by atoms with Gasteiger partial charge in [0.2, 0.25) is 0 Å². The van der Waals surface area contributed by atoms with Crippen LogP contribution in [-0.2, 0) is 10.8 Å². The van der Waals surface area contributed by atoms with Crippen molar-refractivity contribution >= 4 is 79.2 Å². The molecule has 0 amide bonds. The van der Waals surface area contributed by atoms with Crippen LogP contribution in [0.25, 0.3) is 88.3 Å². The van der Waals surface area contributed by atoms with Gasteiger partial charge in [-0.15, -0.1) is 0 Å². The van der Waals surface area contributed by atoms with Crippen molar-refractivity contribution < 1.29 is 0 Å². The quantitative estimate of drug-likeness (QED) is 0.162. The highest BCUT2D eigenvalue weighted by Gasteiger charge is 2.53. The minimum atomic E-state index is -0.527. The fraction of sp³-hybridized carbons (Fsp3) is 0.0227. The molecule has 92 heavy (non-hydrogen) atoms. The van der Waals surface area contributed by atoms with Gasteiger partial charge in [-0.1, -0.05) is 254 Å². The summed E-state index contributed by atoms with van der Waals surface area (Å²) in [6, 6.07) is 121. The van der Waals surface area contributed by atoms with E-state index in [0.717, 1.165) is 11.4 Å². The molecule has 0 atom stereocenters. The zero-order chi connectivity index (χ0) is 60.0. The Balaban J connectivity index is 0.902. The summed E-state index contributed by atoms with van der Waals surface area (Å²) in [5.41, 5.74) is 31.7. The van der Waals surface area contributed by atoms with Gasteiger partial charge in [-0.25, -0.2) is 0 Å². The Hall–Kier alpha value is -10.9. The third kappa shape index (κ3) is 6.57. The third-order valence-corrected chi connectivity index (χ3v) is 23.3. The van der Waals surface area contributed by atoms with Crippen LogP contribution in [0.2, 0.25) is 0 Å². The summed E-state index contributed by atoms with van der Waals surface area (Å²) >= 11 is 3.71. The van der Waals surface area contributed by atoms with Crippen LogP contribution >= 0.6 is 23.5 Å². The predicted molar refractivity (Wildman–Crippen MR) is 383 cm³/mol. The van der Waals surface area contributed by atoms with Gasteiger partial charge < -0.3 is 9.80 Å². The van der Waals surface area contributed by atoms with Crippen LogP contribution in [0, 0.1) is 0 Å². The molecule has 0 bridgehead atoms. The Morgan fingerprint density at radius 3 is 0.772 bits per heavy atom. The van der Waals surface area contributed by atoms with E-state index in [4.69, 9.17) is 0 Å². The van der Waals surface area contributed by atoms with Crippen molar-refractivity contribution in [3.8, 4) is 66.8 Å². The largest absolute Gasteiger partial charge is 0.308 e. The zero-order valence-corrected chi connectivity index (χ0v) is 51.4. The minimum Gasteiger partial charge on any atom is -0.308 e. The number of rotatable bonds is 4. The Morgan fingerprint density at radius 1 is 0.207 bits per heavy atom. The lowest BCUT2D eigenvalue weighted by Crippen LogP contribution is -2.25. The Bertz CT molecular complexity index is 5200. The van der Waals surface area contributed by atoms with E-state index >= 15 is 0 Å². The molecule has 0 radical (unpaired) electrons. The molecule has 4 heteroatoms. The first-order valence-corrected chi connectivity index (χ1v) is 33.5. The lowest BCUT2D eigenvalue weighted by molar-refractivity contribution is 0.794. The summed E-state index contributed by atoms with van der Waals surface area (Å²) in [4.78, 5) is 9.96. The molecule has 21 rings (SSSR count). The molecule has 0 unspecified atom stereocenters. The normalized spacial score (nSPS) is 14.6. The van der Waals surface area contributed by atoms with Crippen molar-refractivity contribution in [2.45, 2.75) is 30.4 Å². The standard InChI is InChI=1S/C88H52N2S2/c1-7-27-69-57(21-1)58-22-2-8-28-70(58)87(69)73-31-11-5-25-61(73)63-45-41-53(49-75(63)87)85-65-47-43-56(90-79-35-15-19-39-83(79)92-84-40-20-16-36-80(84)90)52-68(65)86(66-48-44-55(51-67(66)85)89-77-33-13-17-37-81(77)91-82-38-18-14-34-78(82)89)54-42-46-64-62-26-6-12-32-74(62)88(76(64)50-54)71-29-9-3-23-59(71)60-24-4-10-30-72(60)88/h1-52H. The molecule has 2 nitrogen and oxygen atoms in total. The summed E-state index contributed by atoms with van der Waals surface area (Å²) in [6.45, 7) is 0. The highest BCUT2D eigenvalue weighted by molar-refractivity contribution is 8.00. The highest BCUT2D eigenvalue weighted by Crippen LogP contribution is 2.66. The summed E-state index contributed by atoms with van der Waals surface area (Å²) in [5, 5.41) is 4.79. The van der Waals surface area contributed by atoms with Crippen LogP contribution in [0.5, 0.6) is 0 Å². The fourth-order valence-corrected chi connectivity index (χ4v) is 19.7. The minimum absolute atomic E-state index is 0.527. The molecule has 426 valence electrons. The smallest absolute Gasteiger partial charge is 0.0725 e. The third-order valence-electron chi connectivity index (χ3n) is 21.0. The number of anilines is 6. The number of nitrogens with zero attached hydrogens (tertiary/aromatic N) is 2. The second kappa shape index (κ2) is 18.8. The van der Waals surface area contributed by atoms with Crippen LogP contribution in [0.15, 0.2) is 335 Å². The van der Waals surface area contributed by atoms with Crippen LogP contribution in [0.1, 0.15) is 44.5 Å². The van der Waals surface area contributed by atoms with E-state index in [1.165, 1.54) is 175 Å². The molecule has 0 fully saturated rings. The van der Waals surface area contributed by atoms with Gasteiger partial charge >= 0.3 is 0 Å². The zero-order valence-electron chi connectivity index (χ0n) is 49.7. The summed E-state index contributed by atoms with van der Waals surface area (Å²) in [5.74, 6) is 0. The summed E-state index contributed by atoms with van der Waals surface area (Å²) in [6.07, 6.45) is 0. The molecule has 0 aromatic heterocycles. The van der Waals surface area contributed by atoms with Crippen molar-refractivity contribution in [3.05, 3.63) is 360 Å². The van der Waals surface area contributed by atoms with Gasteiger partial charge in [-0.05, 0) is 218 Å². The van der Waals surface area contributed by atoms with Crippen LogP contribution in [0.4, 0.5) is 34.1 Å². The number of para-hydroxylation sites is 4. The van der Waals surface area contributed by atoms with Gasteiger partial charge in [0, 0.05) is 31.0 Å². The molecular weight excluding hydrogens is 1150 g/mol. The van der Waals surface area contributed by atoms with E-state index < -0.39 is 10.8 Å². The van der Waals surface area contributed by atoms with Crippen molar-refractivity contribution in [2.24, 2.45) is 0 Å². The lowest BCUT2D eigenvalue weighted by Gasteiger charge is -2.34. The van der Waals surface area contributed by atoms with Gasteiger partial charge in [0.1, 0.15) is 0 Å². The molecule has 2 heterocycles. The van der Waals surface area contributed by atoms with E-state index in [9.17, 15) is 0 Å². The molecule has 2 aliphatic heterocycles. The molecule has 15 aromatic rings. The average Bonchev–Trinajstić information content (AvgIpc) is 1.51. The number of benzene rings is 15. The van der Waals surface area contributed by atoms with Gasteiger partial charge in [0.15, 0.2) is 0 Å². The Morgan fingerprint density at radius 2 is 0.467 bits per heavy atom. The number of fused-ring (bicyclic) bond motifs is 26. The van der Waals surface area contributed by atoms with Crippen molar-refractivity contribution in [1.82, 2.24) is 0 Å². The molecule has 0 saturated carbocycles. The number of hydrogen-bond acceptors (Lipinski definition) is 4. The molecule has 15 aromatic carbocycles. The molecule has 2 spiro atoms. The van der Waals surface area contributed by atoms with Gasteiger partial charge in [-0.2, -0.15) is 0 Å². The maximum atomic E-state index is 2.60. The Labute approximate surface area is 542 Å². The van der Waals surface area contributed by atoms with Crippen molar-refractivity contribution in [1.29, 1.82) is 0 Å². The van der Waals surface area contributed by atoms with E-state index in [2.05, 4.69) is 325 Å². The van der Waals surface area contributed by atoms with Crippen LogP contribution < -0.4 is 9.80 Å². The topological polar surface area (TPSA) is 6.48 Å². The van der Waals surface area contributed by atoms with Crippen LogP contribution in [0.3, 0.4) is 0 Å². The fourth-order valence-electron chi connectivity index (χ4n) is 17.6. The SMILES string of the molecule is c1ccc2c(c1)Sc1ccccc1N2c1ccc2c(-c3ccc4c(c3)C3(c5ccccc5-c5ccccc53)c3ccccc3-4)c3cc(N4c5ccccc5Sc5ccccc54)ccc3c(-c3ccc4c(c3)C3(c5ccccc5-c5ccccc53)c3ccccc3-4)c2c1. The molecule has 4 aliphatic carbocycles. The highest BCUT2D eigenvalue weighted by atomic mass is 32.2. The van der Waals surface area contributed by atoms with E-state index in [-0.39, 0.29) is 0 Å². The first-order chi connectivity index (χ1) is 45.6. The number of hydrogen-bond donors (Lipinski definition) is 0. The lowest BCUT2D eigenvalue weighted by atomic mass is 9.70.